The summed E-state index contributed by atoms with van der Waals surface area (Å²) in [5.41, 5.74) is 6.38. The van der Waals surface area contributed by atoms with Crippen LogP contribution in [0.5, 0.6) is 0 Å². The predicted octanol–water partition coefficient (Wildman–Crippen LogP) is 5.66. The topological polar surface area (TPSA) is 24.8 Å². The molecule has 3 heterocycles. The molecule has 0 radical (unpaired) electrons. The maximum absolute atomic E-state index is 13.5. The Morgan fingerprint density at radius 3 is 2.34 bits per heavy atom. The van der Waals surface area contributed by atoms with E-state index in [0.717, 1.165) is 33.5 Å². The van der Waals surface area contributed by atoms with Crippen LogP contribution in [0, 0.1) is 5.82 Å². The van der Waals surface area contributed by atoms with Crippen molar-refractivity contribution in [2.24, 2.45) is 0 Å². The van der Waals surface area contributed by atoms with Crippen molar-refractivity contribution in [2.45, 2.75) is 0 Å². The first-order valence-corrected chi connectivity index (χ1v) is 9.57. The maximum atomic E-state index is 13.5. The number of rotatable bonds is 2. The van der Waals surface area contributed by atoms with Crippen LogP contribution in [0.3, 0.4) is 0 Å². The molecule has 4 heteroatoms. The molecule has 3 aromatic carbocycles. The molecule has 29 heavy (non-hydrogen) atoms. The SMILES string of the molecule is Fc1ccc(-n2c[n+]3ccc4c5ccccc5[nH]c4c3c2-c2ccccc2)cc1. The van der Waals surface area contributed by atoms with Crippen LogP contribution < -0.4 is 4.40 Å². The third-order valence-corrected chi connectivity index (χ3v) is 5.50. The molecule has 3 aromatic heterocycles. The van der Waals surface area contributed by atoms with E-state index in [1.165, 1.54) is 22.9 Å². The number of para-hydroxylation sites is 1. The first kappa shape index (κ1) is 16.1. The highest BCUT2D eigenvalue weighted by molar-refractivity contribution is 6.13. The molecule has 0 saturated heterocycles. The van der Waals surface area contributed by atoms with Gasteiger partial charge in [-0.05, 0) is 36.4 Å². The van der Waals surface area contributed by atoms with Crippen molar-refractivity contribution in [3.8, 4) is 16.9 Å². The Balaban J connectivity index is 1.79. The van der Waals surface area contributed by atoms with Gasteiger partial charge in [0.1, 0.15) is 11.5 Å². The number of hydrogen-bond donors (Lipinski definition) is 1. The molecule has 0 saturated carbocycles. The first-order valence-electron chi connectivity index (χ1n) is 9.57. The summed E-state index contributed by atoms with van der Waals surface area (Å²) in [6.45, 7) is 0. The smallest absolute Gasteiger partial charge is 0.254 e. The second-order valence-corrected chi connectivity index (χ2v) is 7.21. The number of halogens is 1. The predicted molar refractivity (Wildman–Crippen MR) is 114 cm³/mol. The van der Waals surface area contributed by atoms with E-state index in [-0.39, 0.29) is 5.82 Å². The third kappa shape index (κ3) is 2.39. The first-order chi connectivity index (χ1) is 14.3. The molecule has 0 aliphatic heterocycles. The van der Waals surface area contributed by atoms with Gasteiger partial charge < -0.3 is 4.98 Å². The van der Waals surface area contributed by atoms with E-state index >= 15 is 0 Å². The van der Waals surface area contributed by atoms with Crippen LogP contribution >= 0.6 is 0 Å². The number of pyridine rings is 1. The second kappa shape index (κ2) is 6.04. The summed E-state index contributed by atoms with van der Waals surface area (Å²) >= 11 is 0. The van der Waals surface area contributed by atoms with Gasteiger partial charge in [0.25, 0.3) is 6.33 Å². The fourth-order valence-electron chi connectivity index (χ4n) is 4.18. The average Bonchev–Trinajstić information content (AvgIpc) is 3.33. The van der Waals surface area contributed by atoms with Crippen molar-refractivity contribution in [3.05, 3.63) is 103 Å². The molecule has 0 amide bonds. The van der Waals surface area contributed by atoms with Gasteiger partial charge in [-0.25, -0.2) is 4.39 Å². The summed E-state index contributed by atoms with van der Waals surface area (Å²) in [6, 6.07) is 27.4. The Kier molecular flexibility index (Phi) is 3.35. The summed E-state index contributed by atoms with van der Waals surface area (Å²) in [4.78, 5) is 3.61. The molecule has 138 valence electrons. The zero-order valence-corrected chi connectivity index (χ0v) is 15.5. The largest absolute Gasteiger partial charge is 0.351 e. The Hall–Kier alpha value is -3.92. The number of aromatic nitrogens is 3. The Morgan fingerprint density at radius 2 is 1.52 bits per heavy atom. The quantitative estimate of drug-likeness (QED) is 0.376. The number of H-pyrrole nitrogens is 1. The van der Waals surface area contributed by atoms with E-state index in [2.05, 4.69) is 62.9 Å². The van der Waals surface area contributed by atoms with Crippen LogP contribution in [0.4, 0.5) is 4.39 Å². The van der Waals surface area contributed by atoms with Crippen molar-refractivity contribution in [1.82, 2.24) is 9.55 Å². The zero-order chi connectivity index (χ0) is 19.4. The highest BCUT2D eigenvalue weighted by Crippen LogP contribution is 2.33. The molecular formula is C25H17FN3+. The van der Waals surface area contributed by atoms with Crippen molar-refractivity contribution in [3.63, 3.8) is 0 Å². The van der Waals surface area contributed by atoms with Crippen LogP contribution in [-0.4, -0.2) is 9.55 Å². The number of hydrogen-bond acceptors (Lipinski definition) is 0. The van der Waals surface area contributed by atoms with Gasteiger partial charge in [-0.1, -0.05) is 48.5 Å². The number of benzene rings is 3. The number of fused-ring (bicyclic) bond motifs is 5. The van der Waals surface area contributed by atoms with E-state index in [9.17, 15) is 4.39 Å². The zero-order valence-electron chi connectivity index (χ0n) is 15.5. The highest BCUT2D eigenvalue weighted by atomic mass is 19.1. The molecule has 3 nitrogen and oxygen atoms in total. The number of aromatic amines is 1. The van der Waals surface area contributed by atoms with E-state index < -0.39 is 0 Å². The molecule has 0 atom stereocenters. The summed E-state index contributed by atoms with van der Waals surface area (Å²) in [6.07, 6.45) is 4.14. The van der Waals surface area contributed by atoms with Gasteiger partial charge >= 0.3 is 0 Å². The monoisotopic (exact) mass is 378 g/mol. The van der Waals surface area contributed by atoms with Crippen LogP contribution in [-0.2, 0) is 0 Å². The molecule has 6 rings (SSSR count). The van der Waals surface area contributed by atoms with E-state index in [1.54, 1.807) is 0 Å². The van der Waals surface area contributed by atoms with Crippen molar-refractivity contribution < 1.29 is 8.79 Å². The normalized spacial score (nSPS) is 11.6. The van der Waals surface area contributed by atoms with Crippen LogP contribution in [0.25, 0.3) is 44.3 Å². The van der Waals surface area contributed by atoms with E-state index in [4.69, 9.17) is 0 Å². The minimum atomic E-state index is -0.239. The lowest BCUT2D eigenvalue weighted by molar-refractivity contribution is -0.510. The summed E-state index contributed by atoms with van der Waals surface area (Å²) in [5, 5.41) is 2.40. The molecule has 0 unspecified atom stereocenters. The lowest BCUT2D eigenvalue weighted by Gasteiger charge is -2.02. The molecule has 0 aliphatic carbocycles. The minimum Gasteiger partial charge on any atom is -0.351 e. The summed E-state index contributed by atoms with van der Waals surface area (Å²) in [5.74, 6) is -0.239. The molecule has 1 N–H and O–H groups in total. The molecule has 0 aliphatic rings. The van der Waals surface area contributed by atoms with E-state index in [0.29, 0.717) is 0 Å². The number of nitrogens with zero attached hydrogens (tertiary/aromatic N) is 2. The molecule has 0 fully saturated rings. The Morgan fingerprint density at radius 1 is 0.759 bits per heavy atom. The lowest BCUT2D eigenvalue weighted by Crippen LogP contribution is -2.17. The van der Waals surface area contributed by atoms with Crippen molar-refractivity contribution in [1.29, 1.82) is 0 Å². The van der Waals surface area contributed by atoms with Gasteiger partial charge in [0.05, 0.1) is 11.7 Å². The summed E-state index contributed by atoms with van der Waals surface area (Å²) < 4.78 is 17.8. The maximum Gasteiger partial charge on any atom is 0.254 e. The van der Waals surface area contributed by atoms with Crippen molar-refractivity contribution >= 4 is 27.3 Å². The van der Waals surface area contributed by atoms with Crippen LogP contribution in [0.1, 0.15) is 0 Å². The Labute approximate surface area is 166 Å². The number of nitrogens with one attached hydrogen (secondary N) is 1. The van der Waals surface area contributed by atoms with Gasteiger partial charge in [-0.15, -0.1) is 0 Å². The second-order valence-electron chi connectivity index (χ2n) is 7.21. The third-order valence-electron chi connectivity index (χ3n) is 5.50. The van der Waals surface area contributed by atoms with Crippen molar-refractivity contribution in [2.75, 3.05) is 0 Å². The molecule has 0 spiro atoms. The fraction of sp³-hybridized carbons (Fsp3) is 0. The molecule has 0 bridgehead atoms. The number of imidazole rings is 1. The Bertz CT molecular complexity index is 1490. The molecule has 6 aromatic rings. The lowest BCUT2D eigenvalue weighted by atomic mass is 10.1. The summed E-state index contributed by atoms with van der Waals surface area (Å²) in [7, 11) is 0. The molecular weight excluding hydrogens is 361 g/mol. The van der Waals surface area contributed by atoms with Crippen LogP contribution in [0.2, 0.25) is 0 Å². The van der Waals surface area contributed by atoms with Gasteiger partial charge in [0, 0.05) is 21.9 Å². The van der Waals surface area contributed by atoms with Gasteiger partial charge in [0.15, 0.2) is 5.69 Å². The average molecular weight is 378 g/mol. The highest BCUT2D eigenvalue weighted by Gasteiger charge is 2.24. The van der Waals surface area contributed by atoms with E-state index in [1.807, 2.05) is 36.4 Å². The standard InChI is InChI=1S/C25H17FN3/c26-18-10-12-19(13-11-18)29-16-28-15-14-21-20-8-4-5-9-22(20)27-23(21)25(28)24(29)17-6-2-1-3-7-17/h1-16,27H/q+1. The van der Waals surface area contributed by atoms with Gasteiger partial charge in [0.2, 0.25) is 5.52 Å². The minimum absolute atomic E-state index is 0.239. The van der Waals surface area contributed by atoms with Gasteiger partial charge in [-0.3, -0.25) is 0 Å². The van der Waals surface area contributed by atoms with Gasteiger partial charge in [-0.2, -0.15) is 8.97 Å². The fourth-order valence-corrected chi connectivity index (χ4v) is 4.18. The van der Waals surface area contributed by atoms with Crippen LogP contribution in [0.15, 0.2) is 97.5 Å².